The van der Waals surface area contributed by atoms with Gasteiger partial charge in [0.15, 0.2) is 0 Å². The molecule has 0 spiro atoms. The Bertz CT molecular complexity index is 1210. The molecular weight excluding hydrogens is 386 g/mol. The first kappa shape index (κ1) is 19.5. The summed E-state index contributed by atoms with van der Waals surface area (Å²) in [6.45, 7) is 0.171. The molecule has 6 heteroatoms. The summed E-state index contributed by atoms with van der Waals surface area (Å²) in [6, 6.07) is 19.3. The van der Waals surface area contributed by atoms with Gasteiger partial charge in [-0.3, -0.25) is 9.78 Å². The summed E-state index contributed by atoms with van der Waals surface area (Å²) < 4.78 is 33.1. The summed E-state index contributed by atoms with van der Waals surface area (Å²) in [7, 11) is 0. The average molecular weight is 404 g/mol. The molecule has 0 aliphatic carbocycles. The number of aromatic nitrogens is 1. The number of hydrogen-bond donors (Lipinski definition) is 1. The maximum absolute atomic E-state index is 14.4. The number of ether oxygens (including phenoxy) is 1. The van der Waals surface area contributed by atoms with E-state index in [1.165, 1.54) is 18.2 Å². The summed E-state index contributed by atoms with van der Waals surface area (Å²) in [5.41, 5.74) is 2.26. The van der Waals surface area contributed by atoms with Crippen LogP contribution in [0.1, 0.15) is 21.5 Å². The minimum Gasteiger partial charge on any atom is -0.489 e. The van der Waals surface area contributed by atoms with E-state index in [1.807, 2.05) is 6.07 Å². The van der Waals surface area contributed by atoms with Gasteiger partial charge in [-0.15, -0.1) is 0 Å². The third-order valence-electron chi connectivity index (χ3n) is 4.62. The number of nitrogens with zero attached hydrogens (tertiary/aromatic N) is 1. The van der Waals surface area contributed by atoms with E-state index in [0.29, 0.717) is 22.4 Å². The van der Waals surface area contributed by atoms with E-state index in [4.69, 9.17) is 4.74 Å². The molecule has 150 valence electrons. The van der Waals surface area contributed by atoms with E-state index in [-0.39, 0.29) is 24.9 Å². The Hall–Kier alpha value is -3.80. The lowest BCUT2D eigenvalue weighted by molar-refractivity contribution is 0.0950. The van der Waals surface area contributed by atoms with Gasteiger partial charge < -0.3 is 10.1 Å². The summed E-state index contributed by atoms with van der Waals surface area (Å²) in [5, 5.41) is 3.58. The van der Waals surface area contributed by atoms with Crippen molar-refractivity contribution in [1.82, 2.24) is 10.3 Å². The predicted molar refractivity (Wildman–Crippen MR) is 110 cm³/mol. The van der Waals surface area contributed by atoms with Gasteiger partial charge in [-0.25, -0.2) is 8.78 Å². The molecule has 3 aromatic carbocycles. The first-order valence-electron chi connectivity index (χ1n) is 9.37. The van der Waals surface area contributed by atoms with Gasteiger partial charge in [-0.1, -0.05) is 24.3 Å². The molecule has 4 rings (SSSR count). The van der Waals surface area contributed by atoms with Crippen molar-refractivity contribution < 1.29 is 18.3 Å². The van der Waals surface area contributed by atoms with Crippen LogP contribution in [0.15, 0.2) is 79.0 Å². The lowest BCUT2D eigenvalue weighted by atomic mass is 10.1. The summed E-state index contributed by atoms with van der Waals surface area (Å²) in [5.74, 6) is -0.814. The van der Waals surface area contributed by atoms with Crippen molar-refractivity contribution in [2.45, 2.75) is 13.2 Å². The van der Waals surface area contributed by atoms with Crippen molar-refractivity contribution in [2.75, 3.05) is 0 Å². The van der Waals surface area contributed by atoms with Crippen LogP contribution in [0.25, 0.3) is 10.9 Å². The monoisotopic (exact) mass is 404 g/mol. The largest absolute Gasteiger partial charge is 0.489 e. The van der Waals surface area contributed by atoms with E-state index in [9.17, 15) is 13.6 Å². The second kappa shape index (κ2) is 8.69. The molecule has 0 aliphatic rings. The smallest absolute Gasteiger partial charge is 0.251 e. The van der Waals surface area contributed by atoms with Crippen LogP contribution in [0.4, 0.5) is 8.78 Å². The maximum Gasteiger partial charge on any atom is 0.251 e. The standard InChI is InChI=1S/C24H18F2N2O2/c25-20-5-1-3-16(11-20)15-30-21-8-6-19(22(26)13-21)14-28-24(29)18-7-9-23-17(12-18)4-2-10-27-23/h1-13H,14-15H2,(H,28,29). The molecular formula is C24H18F2N2O2. The third-order valence-corrected chi connectivity index (χ3v) is 4.62. The Morgan fingerprint density at radius 1 is 0.967 bits per heavy atom. The van der Waals surface area contributed by atoms with Crippen LogP contribution in [0.3, 0.4) is 0 Å². The zero-order valence-electron chi connectivity index (χ0n) is 15.9. The van der Waals surface area contributed by atoms with E-state index in [2.05, 4.69) is 10.3 Å². The van der Waals surface area contributed by atoms with Gasteiger partial charge in [0.25, 0.3) is 5.91 Å². The second-order valence-electron chi connectivity index (χ2n) is 6.77. The number of pyridine rings is 1. The number of rotatable bonds is 6. The summed E-state index contributed by atoms with van der Waals surface area (Å²) in [4.78, 5) is 16.6. The molecule has 0 radical (unpaired) electrons. The molecule has 4 nitrogen and oxygen atoms in total. The third kappa shape index (κ3) is 4.60. The molecule has 1 aromatic heterocycles. The molecule has 1 heterocycles. The van der Waals surface area contributed by atoms with Crippen molar-refractivity contribution in [2.24, 2.45) is 0 Å². The van der Waals surface area contributed by atoms with Gasteiger partial charge in [0.05, 0.1) is 5.52 Å². The zero-order valence-corrected chi connectivity index (χ0v) is 15.9. The van der Waals surface area contributed by atoms with Crippen molar-refractivity contribution in [1.29, 1.82) is 0 Å². The van der Waals surface area contributed by atoms with Crippen LogP contribution < -0.4 is 10.1 Å². The van der Waals surface area contributed by atoms with Crippen molar-refractivity contribution >= 4 is 16.8 Å². The van der Waals surface area contributed by atoms with E-state index < -0.39 is 5.82 Å². The molecule has 0 bridgehead atoms. The molecule has 0 unspecified atom stereocenters. The fourth-order valence-electron chi connectivity index (χ4n) is 3.05. The number of hydrogen-bond acceptors (Lipinski definition) is 3. The SMILES string of the molecule is O=C(NCc1ccc(OCc2cccc(F)c2)cc1F)c1ccc2ncccc2c1. The molecule has 1 N–H and O–H groups in total. The number of carbonyl (C=O) groups excluding carboxylic acids is 1. The molecule has 0 fully saturated rings. The highest BCUT2D eigenvalue weighted by Crippen LogP contribution is 2.19. The van der Waals surface area contributed by atoms with E-state index >= 15 is 0 Å². The Balaban J connectivity index is 1.37. The van der Waals surface area contributed by atoms with Crippen LogP contribution in [-0.4, -0.2) is 10.9 Å². The average Bonchev–Trinajstić information content (AvgIpc) is 2.76. The number of fused-ring (bicyclic) bond motifs is 1. The number of benzene rings is 3. The zero-order chi connectivity index (χ0) is 20.9. The second-order valence-corrected chi connectivity index (χ2v) is 6.77. The van der Waals surface area contributed by atoms with Gasteiger partial charge in [0, 0.05) is 35.3 Å². The minimum absolute atomic E-state index is 0.0416. The topological polar surface area (TPSA) is 51.2 Å². The Labute approximate surface area is 172 Å². The lowest BCUT2D eigenvalue weighted by Gasteiger charge is -2.10. The van der Waals surface area contributed by atoms with Crippen LogP contribution in [0, 0.1) is 11.6 Å². The van der Waals surface area contributed by atoms with Crippen molar-refractivity contribution in [3.8, 4) is 5.75 Å². The number of amides is 1. The van der Waals surface area contributed by atoms with Gasteiger partial charge in [-0.2, -0.15) is 0 Å². The number of halogens is 2. The van der Waals surface area contributed by atoms with Crippen molar-refractivity contribution in [3.63, 3.8) is 0 Å². The normalized spacial score (nSPS) is 10.7. The molecule has 4 aromatic rings. The van der Waals surface area contributed by atoms with Gasteiger partial charge in [-0.05, 0) is 48.0 Å². The number of carbonyl (C=O) groups is 1. The van der Waals surface area contributed by atoms with Crippen LogP contribution in [0.5, 0.6) is 5.75 Å². The molecule has 0 saturated carbocycles. The fraction of sp³-hybridized carbons (Fsp3) is 0.0833. The first-order valence-corrected chi connectivity index (χ1v) is 9.37. The molecule has 30 heavy (non-hydrogen) atoms. The Morgan fingerprint density at radius 3 is 2.70 bits per heavy atom. The molecule has 0 saturated heterocycles. The Morgan fingerprint density at radius 2 is 1.87 bits per heavy atom. The van der Waals surface area contributed by atoms with Crippen LogP contribution >= 0.6 is 0 Å². The van der Waals surface area contributed by atoms with Crippen LogP contribution in [-0.2, 0) is 13.2 Å². The first-order chi connectivity index (χ1) is 14.6. The van der Waals surface area contributed by atoms with Crippen molar-refractivity contribution in [3.05, 3.63) is 107 Å². The maximum atomic E-state index is 14.4. The highest BCUT2D eigenvalue weighted by molar-refractivity contribution is 5.97. The molecule has 1 amide bonds. The summed E-state index contributed by atoms with van der Waals surface area (Å²) >= 11 is 0. The highest BCUT2D eigenvalue weighted by Gasteiger charge is 2.10. The van der Waals surface area contributed by atoms with E-state index in [0.717, 1.165) is 10.9 Å². The molecule has 0 atom stereocenters. The van der Waals surface area contributed by atoms with E-state index in [1.54, 1.807) is 54.7 Å². The van der Waals surface area contributed by atoms with Gasteiger partial charge >= 0.3 is 0 Å². The molecule has 0 aliphatic heterocycles. The van der Waals surface area contributed by atoms with Gasteiger partial charge in [0.1, 0.15) is 24.0 Å². The minimum atomic E-state index is -0.491. The quantitative estimate of drug-likeness (QED) is 0.491. The summed E-state index contributed by atoms with van der Waals surface area (Å²) in [6.07, 6.45) is 1.69. The van der Waals surface area contributed by atoms with Crippen LogP contribution in [0.2, 0.25) is 0 Å². The van der Waals surface area contributed by atoms with Gasteiger partial charge in [0.2, 0.25) is 0 Å². The lowest BCUT2D eigenvalue weighted by Crippen LogP contribution is -2.23. The predicted octanol–water partition coefficient (Wildman–Crippen LogP) is 5.02. The number of nitrogens with one attached hydrogen (secondary N) is 1. The fourth-order valence-corrected chi connectivity index (χ4v) is 3.05. The Kier molecular flexibility index (Phi) is 5.66. The highest BCUT2D eigenvalue weighted by atomic mass is 19.1.